The summed E-state index contributed by atoms with van der Waals surface area (Å²) in [7, 11) is 0. The summed E-state index contributed by atoms with van der Waals surface area (Å²) in [6, 6.07) is 11.2. The molecule has 0 fully saturated rings. The Kier molecular flexibility index (Phi) is 5.40. The summed E-state index contributed by atoms with van der Waals surface area (Å²) < 4.78 is 4.87. The second-order valence-corrected chi connectivity index (χ2v) is 4.83. The number of nitrogens with one attached hydrogen (secondary N) is 2. The second kappa shape index (κ2) is 7.50. The van der Waals surface area contributed by atoms with Gasteiger partial charge in [-0.3, -0.25) is 4.79 Å². The van der Waals surface area contributed by atoms with Crippen LogP contribution in [0.15, 0.2) is 42.6 Å². The highest BCUT2D eigenvalue weighted by Crippen LogP contribution is 2.10. The van der Waals surface area contributed by atoms with Crippen LogP contribution in [0.4, 0.5) is 0 Å². The number of esters is 1. The molecule has 0 radical (unpaired) electrons. The number of halogens is 1. The van der Waals surface area contributed by atoms with Crippen molar-refractivity contribution >= 4 is 23.5 Å². The summed E-state index contributed by atoms with van der Waals surface area (Å²) in [4.78, 5) is 25.8. The molecule has 1 amide bonds. The fourth-order valence-electron chi connectivity index (χ4n) is 1.74. The van der Waals surface area contributed by atoms with E-state index in [0.29, 0.717) is 11.6 Å². The number of hydrogen-bond acceptors (Lipinski definition) is 3. The number of hydrogen-bond donors (Lipinski definition) is 2. The minimum absolute atomic E-state index is 0.220. The van der Waals surface area contributed by atoms with Gasteiger partial charge in [0, 0.05) is 12.7 Å². The van der Waals surface area contributed by atoms with Crippen molar-refractivity contribution in [3.8, 4) is 0 Å². The highest BCUT2D eigenvalue weighted by molar-refractivity contribution is 6.30. The average molecular weight is 307 g/mol. The topological polar surface area (TPSA) is 71.2 Å². The molecule has 2 rings (SSSR count). The van der Waals surface area contributed by atoms with Gasteiger partial charge >= 0.3 is 5.97 Å². The zero-order valence-electron chi connectivity index (χ0n) is 11.3. The standard InChI is InChI=1S/C15H15ClN2O3/c16-12-8-13(18-9-12)15(20)21-10-14(19)17-7-6-11-4-2-1-3-5-11/h1-5,8-9,18H,6-7,10H2,(H,17,19). The van der Waals surface area contributed by atoms with Crippen LogP contribution in [-0.2, 0) is 16.0 Å². The molecule has 0 aliphatic carbocycles. The highest BCUT2D eigenvalue weighted by atomic mass is 35.5. The maximum atomic E-state index is 11.6. The predicted molar refractivity (Wildman–Crippen MR) is 79.2 cm³/mol. The first-order chi connectivity index (χ1) is 10.1. The zero-order chi connectivity index (χ0) is 15.1. The molecule has 2 N–H and O–H groups in total. The van der Waals surface area contributed by atoms with Gasteiger partial charge in [0.2, 0.25) is 0 Å². The first kappa shape index (κ1) is 15.1. The Morgan fingerprint density at radius 1 is 1.24 bits per heavy atom. The van der Waals surface area contributed by atoms with E-state index in [1.165, 1.54) is 12.3 Å². The summed E-state index contributed by atoms with van der Waals surface area (Å²) in [5.74, 6) is -0.947. The normalized spacial score (nSPS) is 10.1. The third kappa shape index (κ3) is 4.96. The van der Waals surface area contributed by atoms with E-state index in [-0.39, 0.29) is 18.2 Å². The number of carbonyl (C=O) groups is 2. The number of aromatic nitrogens is 1. The third-order valence-electron chi connectivity index (χ3n) is 2.78. The SMILES string of the molecule is O=C(COC(=O)c1cc(Cl)c[nH]1)NCCc1ccccc1. The van der Waals surface area contributed by atoms with Gasteiger partial charge < -0.3 is 15.0 Å². The number of carbonyl (C=O) groups excluding carboxylic acids is 2. The van der Waals surface area contributed by atoms with Crippen molar-refractivity contribution in [2.75, 3.05) is 13.2 Å². The van der Waals surface area contributed by atoms with Gasteiger partial charge in [-0.25, -0.2) is 4.79 Å². The van der Waals surface area contributed by atoms with Gasteiger partial charge in [-0.2, -0.15) is 0 Å². The molecule has 5 nitrogen and oxygen atoms in total. The molecule has 0 aliphatic heterocycles. The van der Waals surface area contributed by atoms with E-state index in [0.717, 1.165) is 12.0 Å². The number of amides is 1. The molecule has 2 aromatic rings. The summed E-state index contributed by atoms with van der Waals surface area (Å²) in [6.07, 6.45) is 2.20. The van der Waals surface area contributed by atoms with Gasteiger partial charge in [-0.05, 0) is 18.1 Å². The van der Waals surface area contributed by atoms with Gasteiger partial charge in [0.25, 0.3) is 5.91 Å². The number of aromatic amines is 1. The van der Waals surface area contributed by atoms with Crippen LogP contribution in [0.2, 0.25) is 5.02 Å². The molecule has 1 aromatic heterocycles. The highest BCUT2D eigenvalue weighted by Gasteiger charge is 2.11. The summed E-state index contributed by atoms with van der Waals surface area (Å²) in [6.45, 7) is 0.180. The molecule has 110 valence electrons. The maximum absolute atomic E-state index is 11.6. The summed E-state index contributed by atoms with van der Waals surface area (Å²) in [5, 5.41) is 3.10. The Hall–Kier alpha value is -2.27. The van der Waals surface area contributed by atoms with Gasteiger partial charge in [0.1, 0.15) is 5.69 Å². The maximum Gasteiger partial charge on any atom is 0.355 e. The second-order valence-electron chi connectivity index (χ2n) is 4.39. The van der Waals surface area contributed by atoms with E-state index in [9.17, 15) is 9.59 Å². The van der Waals surface area contributed by atoms with Crippen molar-refractivity contribution < 1.29 is 14.3 Å². The minimum Gasteiger partial charge on any atom is -0.451 e. The monoisotopic (exact) mass is 306 g/mol. The molecular formula is C15H15ClN2O3. The van der Waals surface area contributed by atoms with Crippen LogP contribution in [-0.4, -0.2) is 30.0 Å². The van der Waals surface area contributed by atoms with E-state index in [1.807, 2.05) is 30.3 Å². The molecule has 1 heterocycles. The van der Waals surface area contributed by atoms with Gasteiger partial charge in [-0.1, -0.05) is 41.9 Å². The average Bonchev–Trinajstić information content (AvgIpc) is 2.92. The Balaban J connectivity index is 1.67. The summed E-state index contributed by atoms with van der Waals surface area (Å²) >= 11 is 5.68. The lowest BCUT2D eigenvalue weighted by atomic mass is 10.1. The lowest BCUT2D eigenvalue weighted by Gasteiger charge is -2.06. The van der Waals surface area contributed by atoms with Crippen molar-refractivity contribution in [1.29, 1.82) is 0 Å². The molecule has 0 spiro atoms. The van der Waals surface area contributed by atoms with Crippen LogP contribution >= 0.6 is 11.6 Å². The first-order valence-electron chi connectivity index (χ1n) is 6.47. The van der Waals surface area contributed by atoms with E-state index in [2.05, 4.69) is 10.3 Å². The molecule has 21 heavy (non-hydrogen) atoms. The quantitative estimate of drug-likeness (QED) is 0.804. The van der Waals surface area contributed by atoms with Crippen LogP contribution < -0.4 is 5.32 Å². The number of benzene rings is 1. The molecule has 0 bridgehead atoms. The van der Waals surface area contributed by atoms with Crippen LogP contribution in [0, 0.1) is 0 Å². The van der Waals surface area contributed by atoms with Crippen LogP contribution in [0.3, 0.4) is 0 Å². The fraction of sp³-hybridized carbons (Fsp3) is 0.200. The lowest BCUT2D eigenvalue weighted by molar-refractivity contribution is -0.124. The van der Waals surface area contributed by atoms with Crippen molar-refractivity contribution in [2.24, 2.45) is 0 Å². The molecule has 6 heteroatoms. The van der Waals surface area contributed by atoms with Crippen molar-refractivity contribution in [2.45, 2.75) is 6.42 Å². The van der Waals surface area contributed by atoms with Crippen molar-refractivity contribution in [1.82, 2.24) is 10.3 Å². The van der Waals surface area contributed by atoms with E-state index < -0.39 is 5.97 Å². The number of H-pyrrole nitrogens is 1. The molecule has 0 saturated heterocycles. The Labute approximate surface area is 127 Å². The van der Waals surface area contributed by atoms with E-state index >= 15 is 0 Å². The van der Waals surface area contributed by atoms with Crippen molar-refractivity contribution in [3.05, 3.63) is 58.9 Å². The Morgan fingerprint density at radius 2 is 2.00 bits per heavy atom. The smallest absolute Gasteiger partial charge is 0.355 e. The van der Waals surface area contributed by atoms with E-state index in [4.69, 9.17) is 16.3 Å². The fourth-order valence-corrected chi connectivity index (χ4v) is 1.90. The molecular weight excluding hydrogens is 292 g/mol. The van der Waals surface area contributed by atoms with E-state index in [1.54, 1.807) is 0 Å². The van der Waals surface area contributed by atoms with Crippen LogP contribution in [0.1, 0.15) is 16.1 Å². The van der Waals surface area contributed by atoms with Gasteiger partial charge in [-0.15, -0.1) is 0 Å². The zero-order valence-corrected chi connectivity index (χ0v) is 12.0. The molecule has 1 aromatic carbocycles. The molecule has 0 unspecified atom stereocenters. The third-order valence-corrected chi connectivity index (χ3v) is 3.00. The largest absolute Gasteiger partial charge is 0.451 e. The molecule has 0 atom stereocenters. The predicted octanol–water partition coefficient (Wildman–Crippen LogP) is 2.18. The van der Waals surface area contributed by atoms with Crippen LogP contribution in [0.25, 0.3) is 0 Å². The molecule has 0 aliphatic rings. The lowest BCUT2D eigenvalue weighted by Crippen LogP contribution is -2.30. The first-order valence-corrected chi connectivity index (χ1v) is 6.84. The molecule has 0 saturated carbocycles. The Morgan fingerprint density at radius 3 is 2.67 bits per heavy atom. The Bertz CT molecular complexity index is 610. The van der Waals surface area contributed by atoms with Gasteiger partial charge in [0.15, 0.2) is 6.61 Å². The minimum atomic E-state index is -0.611. The van der Waals surface area contributed by atoms with Crippen LogP contribution in [0.5, 0.6) is 0 Å². The van der Waals surface area contributed by atoms with Crippen molar-refractivity contribution in [3.63, 3.8) is 0 Å². The summed E-state index contributed by atoms with van der Waals surface area (Å²) in [5.41, 5.74) is 1.35. The number of rotatable bonds is 6. The van der Waals surface area contributed by atoms with Gasteiger partial charge in [0.05, 0.1) is 5.02 Å². The number of ether oxygens (including phenoxy) is 1.